The molecule has 7 unspecified atom stereocenters. The van der Waals surface area contributed by atoms with Crippen molar-refractivity contribution in [3.05, 3.63) is 0 Å². The van der Waals surface area contributed by atoms with Crippen molar-refractivity contribution in [2.45, 2.75) is 214 Å². The first-order chi connectivity index (χ1) is 26.6. The van der Waals surface area contributed by atoms with Gasteiger partial charge in [0.1, 0.15) is 23.4 Å². The second-order valence-corrected chi connectivity index (χ2v) is 22.3. The highest BCUT2D eigenvalue weighted by Gasteiger charge is 2.72. The summed E-state index contributed by atoms with van der Waals surface area (Å²) in [6, 6.07) is 2.15. The molecular formula is C47H75NO10. The molecule has 0 spiro atoms. The summed E-state index contributed by atoms with van der Waals surface area (Å²) < 4.78 is 22.7. The molecule has 0 aromatic carbocycles. The molecule has 1 aliphatic heterocycles. The van der Waals surface area contributed by atoms with Crippen LogP contribution in [0.25, 0.3) is 0 Å². The molecule has 11 nitrogen and oxygen atoms in total. The van der Waals surface area contributed by atoms with Crippen LogP contribution in [-0.2, 0) is 38.1 Å². The number of carbonyl (C=O) groups is 4. The van der Waals surface area contributed by atoms with E-state index < -0.39 is 45.1 Å². The maximum Gasteiger partial charge on any atom is 0.327 e. The van der Waals surface area contributed by atoms with E-state index in [4.69, 9.17) is 18.9 Å². The molecule has 328 valence electrons. The van der Waals surface area contributed by atoms with Gasteiger partial charge in [0, 0.05) is 31.1 Å². The van der Waals surface area contributed by atoms with Gasteiger partial charge in [-0.1, -0.05) is 40.5 Å². The van der Waals surface area contributed by atoms with Crippen LogP contribution in [0.1, 0.15) is 179 Å². The Bertz CT molecular complexity index is 1600. The monoisotopic (exact) mass is 814 g/mol. The average molecular weight is 814 g/mol. The maximum absolute atomic E-state index is 12.4. The fraction of sp³-hybridized carbons (Fsp3) is 0.894. The zero-order valence-electron chi connectivity index (χ0n) is 37.8. The molecule has 8 fully saturated rings. The lowest BCUT2D eigenvalue weighted by molar-refractivity contribution is -0.264. The first kappa shape index (κ1) is 46.4. The molecule has 8 rings (SSSR count). The summed E-state index contributed by atoms with van der Waals surface area (Å²) in [5, 5.41) is 30.6. The van der Waals surface area contributed by atoms with Crippen molar-refractivity contribution in [1.82, 2.24) is 0 Å². The number of nitriles is 1. The molecule has 2 N–H and O–H groups in total. The SMILES string of the molecule is CCC(C)(C)C(=O)OC(C)(C)C1CCC(C)CC1.CCC(C)(C)C(=O)OC12CC3CC(O)(CC(O)(C3)C1)C2.CCC(C)(C)C(=O)OC1C2CC3C1OC(=O)C3(C#N)C2. The first-order valence-electron chi connectivity index (χ1n) is 22.4. The number of hydrogen-bond donors (Lipinski definition) is 2. The van der Waals surface area contributed by atoms with Crippen molar-refractivity contribution in [2.75, 3.05) is 0 Å². The average Bonchev–Trinajstić information content (AvgIpc) is 3.72. The van der Waals surface area contributed by atoms with E-state index in [1.54, 1.807) is 0 Å². The summed E-state index contributed by atoms with van der Waals surface area (Å²) in [4.78, 5) is 48.8. The molecule has 1 saturated heterocycles. The molecule has 7 atom stereocenters. The van der Waals surface area contributed by atoms with E-state index in [9.17, 15) is 34.7 Å². The summed E-state index contributed by atoms with van der Waals surface area (Å²) in [5.74, 6) is 0.681. The Balaban J connectivity index is 0.000000166. The van der Waals surface area contributed by atoms with Gasteiger partial charge in [0.2, 0.25) is 0 Å². The van der Waals surface area contributed by atoms with E-state index in [-0.39, 0.29) is 52.8 Å². The Morgan fingerprint density at radius 3 is 1.79 bits per heavy atom. The van der Waals surface area contributed by atoms with Crippen LogP contribution >= 0.6 is 0 Å². The van der Waals surface area contributed by atoms with Gasteiger partial charge in [-0.05, 0) is 137 Å². The normalized spacial score (nSPS) is 38.4. The number of hydrogen-bond acceptors (Lipinski definition) is 11. The quantitative estimate of drug-likeness (QED) is 0.160. The third kappa shape index (κ3) is 8.99. The van der Waals surface area contributed by atoms with Crippen LogP contribution < -0.4 is 0 Å². The Hall–Kier alpha value is -2.71. The fourth-order valence-electron chi connectivity index (χ4n) is 11.1. The number of nitrogens with zero attached hydrogens (tertiary/aromatic N) is 1. The van der Waals surface area contributed by atoms with Crippen molar-refractivity contribution in [3.8, 4) is 6.07 Å². The lowest BCUT2D eigenvalue weighted by Gasteiger charge is -2.62. The molecule has 0 radical (unpaired) electrons. The molecule has 58 heavy (non-hydrogen) atoms. The van der Waals surface area contributed by atoms with Crippen LogP contribution in [0.2, 0.25) is 0 Å². The number of esters is 4. The maximum atomic E-state index is 12.4. The molecule has 7 aliphatic carbocycles. The van der Waals surface area contributed by atoms with Crippen LogP contribution in [0, 0.1) is 62.6 Å². The topological polar surface area (TPSA) is 169 Å². The van der Waals surface area contributed by atoms with Crippen LogP contribution in [0.3, 0.4) is 0 Å². The van der Waals surface area contributed by atoms with Gasteiger partial charge in [0.15, 0.2) is 5.41 Å². The third-order valence-electron chi connectivity index (χ3n) is 15.9. The van der Waals surface area contributed by atoms with E-state index >= 15 is 0 Å². The van der Waals surface area contributed by atoms with Crippen molar-refractivity contribution in [3.63, 3.8) is 0 Å². The van der Waals surface area contributed by atoms with E-state index in [0.717, 1.165) is 44.4 Å². The second-order valence-electron chi connectivity index (χ2n) is 22.3. The lowest BCUT2D eigenvalue weighted by atomic mass is 9.50. The standard InChI is InChI=1S/C16H26O4.C16H30O2.C15H19NO4/c1-4-13(2,3)12(17)20-16-7-11-5-14(18,9-16)8-15(19,6-11)10-16;1-7-15(3,4)14(17)18-16(5,6)13-10-8-12(2)9-11-13;1-4-14(2,3)12(17)19-10-8-5-9-11(10)20-13(18)15(9,6-8)7-16/h11,18-19H,4-10H2,1-3H3;12-13H,7-11H2,1-6H3;8-11H,4-6H2,1-3H3. The zero-order chi connectivity index (χ0) is 43.5. The van der Waals surface area contributed by atoms with Crippen molar-refractivity contribution in [2.24, 2.45) is 51.2 Å². The highest BCUT2D eigenvalue weighted by molar-refractivity contribution is 5.85. The number of fused-ring (bicyclic) bond motifs is 1. The van der Waals surface area contributed by atoms with Gasteiger partial charge in [0.05, 0.1) is 33.5 Å². The predicted molar refractivity (Wildman–Crippen MR) is 217 cm³/mol. The second kappa shape index (κ2) is 16.0. The molecule has 0 aromatic heterocycles. The zero-order valence-corrected chi connectivity index (χ0v) is 37.8. The van der Waals surface area contributed by atoms with Gasteiger partial charge in [-0.25, -0.2) is 0 Å². The van der Waals surface area contributed by atoms with Gasteiger partial charge < -0.3 is 29.2 Å². The van der Waals surface area contributed by atoms with Crippen LogP contribution in [-0.4, -0.2) is 68.7 Å². The Morgan fingerprint density at radius 1 is 0.776 bits per heavy atom. The third-order valence-corrected chi connectivity index (χ3v) is 15.9. The van der Waals surface area contributed by atoms with Gasteiger partial charge in [-0.15, -0.1) is 0 Å². The fourth-order valence-corrected chi connectivity index (χ4v) is 11.1. The molecule has 0 aromatic rings. The largest absolute Gasteiger partial charge is 0.459 e. The molecule has 1 heterocycles. The summed E-state index contributed by atoms with van der Waals surface area (Å²) in [7, 11) is 0. The van der Waals surface area contributed by atoms with E-state index in [1.165, 1.54) is 25.7 Å². The van der Waals surface area contributed by atoms with E-state index in [2.05, 4.69) is 26.8 Å². The predicted octanol–water partition coefficient (Wildman–Crippen LogP) is 8.54. The van der Waals surface area contributed by atoms with Crippen LogP contribution in [0.5, 0.6) is 0 Å². The van der Waals surface area contributed by atoms with Crippen LogP contribution in [0.15, 0.2) is 0 Å². The lowest BCUT2D eigenvalue weighted by Crippen LogP contribution is -2.67. The minimum atomic E-state index is -0.974. The molecule has 6 bridgehead atoms. The van der Waals surface area contributed by atoms with Gasteiger partial charge >= 0.3 is 23.9 Å². The number of aliphatic hydroxyl groups is 2. The molecule has 0 amide bonds. The molecule has 8 aliphatic rings. The highest BCUT2D eigenvalue weighted by atomic mass is 16.6. The summed E-state index contributed by atoms with van der Waals surface area (Å²) >= 11 is 0. The van der Waals surface area contributed by atoms with E-state index in [1.807, 2.05) is 62.3 Å². The molecule has 7 saturated carbocycles. The first-order valence-corrected chi connectivity index (χ1v) is 22.4. The van der Waals surface area contributed by atoms with Crippen LogP contribution in [0.4, 0.5) is 0 Å². The molecule has 11 heteroatoms. The summed E-state index contributed by atoms with van der Waals surface area (Å²) in [6.45, 7) is 23.8. The van der Waals surface area contributed by atoms with Gasteiger partial charge in [-0.3, -0.25) is 19.2 Å². The summed E-state index contributed by atoms with van der Waals surface area (Å²) in [6.07, 6.45) is 11.3. The number of rotatable bonds is 10. The summed E-state index contributed by atoms with van der Waals surface area (Å²) in [5.41, 5.74) is -5.02. The smallest absolute Gasteiger partial charge is 0.327 e. The highest BCUT2D eigenvalue weighted by Crippen LogP contribution is 2.63. The number of carbonyl (C=O) groups excluding carboxylic acids is 4. The minimum absolute atomic E-state index is 0.0476. The Labute approximate surface area is 348 Å². The van der Waals surface area contributed by atoms with Crippen molar-refractivity contribution >= 4 is 23.9 Å². The number of ether oxygens (including phenoxy) is 4. The van der Waals surface area contributed by atoms with Crippen molar-refractivity contribution < 1.29 is 48.3 Å². The Kier molecular flexibility index (Phi) is 12.8. The van der Waals surface area contributed by atoms with Crippen molar-refractivity contribution in [1.29, 1.82) is 5.26 Å². The molecular weight excluding hydrogens is 739 g/mol. The Morgan fingerprint density at radius 2 is 1.29 bits per heavy atom. The van der Waals surface area contributed by atoms with Gasteiger partial charge in [-0.2, -0.15) is 5.26 Å². The van der Waals surface area contributed by atoms with E-state index in [0.29, 0.717) is 38.0 Å². The van der Waals surface area contributed by atoms with Gasteiger partial charge in [0.25, 0.3) is 0 Å². The minimum Gasteiger partial charge on any atom is -0.459 e.